The van der Waals surface area contributed by atoms with Gasteiger partial charge >= 0.3 is 12.5 Å². The summed E-state index contributed by atoms with van der Waals surface area (Å²) < 4.78 is 63.2. The smallest absolute Gasteiger partial charge is 0.443 e. The van der Waals surface area contributed by atoms with Gasteiger partial charge in [-0.3, -0.25) is 14.2 Å². The molecule has 1 amide bonds. The second-order valence-corrected chi connectivity index (χ2v) is 10.2. The molecule has 3 heterocycles. The molecule has 0 saturated heterocycles. The number of carbonyl (C=O) groups excluding carboxylic acids is 1. The molecule has 3 aromatic rings. The van der Waals surface area contributed by atoms with Crippen LogP contribution in [0.2, 0.25) is 0 Å². The number of anilines is 2. The Morgan fingerprint density at radius 2 is 2.08 bits per heavy atom. The van der Waals surface area contributed by atoms with Gasteiger partial charge in [0.1, 0.15) is 17.9 Å². The van der Waals surface area contributed by atoms with Crippen molar-refractivity contribution in [3.63, 3.8) is 0 Å². The fourth-order valence-electron chi connectivity index (χ4n) is 5.56. The Bertz CT molecular complexity index is 1320. The summed E-state index contributed by atoms with van der Waals surface area (Å²) in [6, 6.07) is 1.64. The summed E-state index contributed by atoms with van der Waals surface area (Å²) in [6.07, 6.45) is -0.832. The molecule has 198 valence electrons. The van der Waals surface area contributed by atoms with Gasteiger partial charge in [-0.25, -0.2) is 19.2 Å². The van der Waals surface area contributed by atoms with Crippen LogP contribution in [0, 0.1) is 12.8 Å². The van der Waals surface area contributed by atoms with Gasteiger partial charge in [0, 0.05) is 41.2 Å². The van der Waals surface area contributed by atoms with Gasteiger partial charge in [0.2, 0.25) is 5.95 Å². The van der Waals surface area contributed by atoms with Crippen molar-refractivity contribution in [2.45, 2.75) is 75.7 Å². The Morgan fingerprint density at radius 3 is 2.78 bits per heavy atom. The maximum absolute atomic E-state index is 15.2. The molecule has 4 fully saturated rings. The molecule has 4 aliphatic carbocycles. The highest BCUT2D eigenvalue weighted by Crippen LogP contribution is 2.57. The second kappa shape index (κ2) is 8.57. The molecule has 7 rings (SSSR count). The van der Waals surface area contributed by atoms with E-state index >= 15 is 4.39 Å². The summed E-state index contributed by atoms with van der Waals surface area (Å²) in [5, 5.41) is 12.9. The number of aromatic nitrogens is 5. The molecule has 0 spiro atoms. The first kappa shape index (κ1) is 23.9. The van der Waals surface area contributed by atoms with Crippen molar-refractivity contribution in [2.75, 3.05) is 5.32 Å². The van der Waals surface area contributed by atoms with Crippen LogP contribution in [-0.2, 0) is 16.1 Å². The highest BCUT2D eigenvalue weighted by molar-refractivity contribution is 5.69. The topological polar surface area (TPSA) is 118 Å². The monoisotopic (exact) mass is 523 g/mol. The van der Waals surface area contributed by atoms with Gasteiger partial charge < -0.3 is 15.4 Å². The fraction of sp³-hybridized carbons (Fsp3) is 0.565. The molecule has 3 N–H and O–H groups in total. The molecule has 2 bridgehead atoms. The van der Waals surface area contributed by atoms with E-state index in [0.717, 1.165) is 19.3 Å². The third-order valence-corrected chi connectivity index (χ3v) is 7.50. The summed E-state index contributed by atoms with van der Waals surface area (Å²) in [5.74, 6) is 0.784. The van der Waals surface area contributed by atoms with E-state index in [1.807, 2.05) is 0 Å². The average Bonchev–Trinajstić information content (AvgIpc) is 3.50. The number of aromatic amines is 1. The summed E-state index contributed by atoms with van der Waals surface area (Å²) in [7, 11) is 0. The zero-order valence-electron chi connectivity index (χ0n) is 19.8. The predicted molar refractivity (Wildman–Crippen MR) is 121 cm³/mol. The molecule has 0 unspecified atom stereocenters. The summed E-state index contributed by atoms with van der Waals surface area (Å²) in [4.78, 5) is 20.7. The lowest BCUT2D eigenvalue weighted by Gasteiger charge is -2.61. The third-order valence-electron chi connectivity index (χ3n) is 7.50. The number of H-pyrrole nitrogens is 1. The minimum atomic E-state index is -4.77. The van der Waals surface area contributed by atoms with Crippen LogP contribution in [0.4, 0.5) is 34.1 Å². The van der Waals surface area contributed by atoms with Crippen molar-refractivity contribution < 1.29 is 31.8 Å². The van der Waals surface area contributed by atoms with Crippen molar-refractivity contribution >= 4 is 23.5 Å². The molecule has 4 aliphatic rings. The van der Waals surface area contributed by atoms with Crippen LogP contribution in [0.1, 0.15) is 55.0 Å². The van der Waals surface area contributed by atoms with E-state index in [1.165, 1.54) is 16.8 Å². The minimum absolute atomic E-state index is 0.0783. The number of imidazole rings is 1. The van der Waals surface area contributed by atoms with Crippen molar-refractivity contribution in [1.82, 2.24) is 29.9 Å². The number of carbonyl (C=O) groups is 1. The first-order chi connectivity index (χ1) is 17.6. The third kappa shape index (κ3) is 4.58. The van der Waals surface area contributed by atoms with E-state index in [4.69, 9.17) is 4.74 Å². The molecular weight excluding hydrogens is 498 g/mol. The molecule has 3 atom stereocenters. The number of aryl methyl sites for hydroxylation is 1. The Balaban J connectivity index is 1.11. The van der Waals surface area contributed by atoms with Crippen LogP contribution in [0.3, 0.4) is 0 Å². The molecule has 4 saturated carbocycles. The Labute approximate surface area is 208 Å². The van der Waals surface area contributed by atoms with Crippen LogP contribution >= 0.6 is 0 Å². The number of rotatable bonds is 7. The molecule has 14 heteroatoms. The van der Waals surface area contributed by atoms with Crippen molar-refractivity contribution in [2.24, 2.45) is 5.92 Å². The van der Waals surface area contributed by atoms with E-state index in [1.54, 1.807) is 13.0 Å². The summed E-state index contributed by atoms with van der Waals surface area (Å²) in [5.41, 5.74) is 1.54. The molecule has 3 aromatic heterocycles. The highest BCUT2D eigenvalue weighted by atomic mass is 19.4. The van der Waals surface area contributed by atoms with Gasteiger partial charge in [0.15, 0.2) is 5.82 Å². The number of nitrogens with one attached hydrogen (secondary N) is 3. The van der Waals surface area contributed by atoms with Gasteiger partial charge in [0.25, 0.3) is 0 Å². The number of halogens is 4. The summed E-state index contributed by atoms with van der Waals surface area (Å²) >= 11 is 0. The molecule has 0 aromatic carbocycles. The van der Waals surface area contributed by atoms with E-state index in [2.05, 4.69) is 35.5 Å². The number of alkyl halides is 4. The van der Waals surface area contributed by atoms with Crippen LogP contribution < -0.4 is 10.6 Å². The van der Waals surface area contributed by atoms with Crippen molar-refractivity contribution in [3.8, 4) is 0 Å². The van der Waals surface area contributed by atoms with Crippen LogP contribution in [0.5, 0.6) is 0 Å². The van der Waals surface area contributed by atoms with E-state index < -0.39 is 37.3 Å². The number of fused-ring (bicyclic) bond motifs is 1. The Kier molecular flexibility index (Phi) is 5.55. The number of hydrogen-bond donors (Lipinski definition) is 3. The zero-order valence-corrected chi connectivity index (χ0v) is 19.8. The molecule has 37 heavy (non-hydrogen) atoms. The predicted octanol–water partition coefficient (Wildman–Crippen LogP) is 4.40. The molecule has 10 nitrogen and oxygen atoms in total. The van der Waals surface area contributed by atoms with Gasteiger partial charge in [-0.1, -0.05) is 0 Å². The first-order valence-corrected chi connectivity index (χ1v) is 12.1. The standard InChI is InChI=1S/C23H25F4N7O3/c1-11-8-28-20(34-9-13(29-19(11)34)10-36-23(25,26)27)30-17-4-15(32-33-17)14-2-3-16(18(14)24)37-21(35)31-22-5-12(6-22)7-22/h4,8-9,12,14,16,18H,2-3,5-7,10H2,1H3,(H,31,35)(H2,28,30,32,33)/t12?,14-,16-,18+,22?/m0/s1. The Morgan fingerprint density at radius 1 is 1.30 bits per heavy atom. The lowest BCUT2D eigenvalue weighted by atomic mass is 9.50. The largest absolute Gasteiger partial charge is 0.522 e. The average molecular weight is 523 g/mol. The fourth-order valence-corrected chi connectivity index (χ4v) is 5.56. The van der Waals surface area contributed by atoms with Crippen molar-refractivity contribution in [3.05, 3.63) is 35.4 Å². The van der Waals surface area contributed by atoms with E-state index in [9.17, 15) is 18.0 Å². The van der Waals surface area contributed by atoms with E-state index in [0.29, 0.717) is 41.5 Å². The summed E-state index contributed by atoms with van der Waals surface area (Å²) in [6.45, 7) is 0.994. The lowest BCUT2D eigenvalue weighted by molar-refractivity contribution is -0.330. The van der Waals surface area contributed by atoms with Gasteiger partial charge in [-0.05, 0) is 44.9 Å². The SMILES string of the molecule is Cc1cnc(Nc2cc([C@@H]3CC[C@H](OC(=O)NC45CC(C4)C5)[C@@H]3F)[nH]n2)n2cc(COC(F)(F)F)nc12. The Hall–Kier alpha value is -3.42. The van der Waals surface area contributed by atoms with Gasteiger partial charge in [-0.2, -0.15) is 5.10 Å². The quantitative estimate of drug-likeness (QED) is 0.393. The number of ether oxygens (including phenoxy) is 2. The molecular formula is C23H25F4N7O3. The second-order valence-electron chi connectivity index (χ2n) is 10.2. The van der Waals surface area contributed by atoms with Crippen molar-refractivity contribution in [1.29, 1.82) is 0 Å². The molecule has 0 aliphatic heterocycles. The van der Waals surface area contributed by atoms with Crippen LogP contribution in [-0.4, -0.2) is 54.8 Å². The van der Waals surface area contributed by atoms with Crippen LogP contribution in [0.25, 0.3) is 5.65 Å². The van der Waals surface area contributed by atoms with Gasteiger partial charge in [0.05, 0.1) is 12.3 Å². The minimum Gasteiger partial charge on any atom is -0.443 e. The number of alkyl carbamates (subject to hydrolysis) is 1. The van der Waals surface area contributed by atoms with Gasteiger partial charge in [-0.15, -0.1) is 13.2 Å². The molecule has 0 radical (unpaired) electrons. The maximum atomic E-state index is 15.2. The maximum Gasteiger partial charge on any atom is 0.522 e. The van der Waals surface area contributed by atoms with Crippen LogP contribution in [0.15, 0.2) is 18.5 Å². The lowest BCUT2D eigenvalue weighted by Crippen LogP contribution is -2.68. The van der Waals surface area contributed by atoms with E-state index in [-0.39, 0.29) is 17.2 Å². The zero-order chi connectivity index (χ0) is 25.9. The number of nitrogens with zero attached hydrogens (tertiary/aromatic N) is 4. The normalized spacial score (nSPS) is 28.6. The number of hydrogen-bond acceptors (Lipinski definition) is 7. The highest BCUT2D eigenvalue weighted by Gasteiger charge is 2.58. The number of amides is 1. The first-order valence-electron chi connectivity index (χ1n) is 12.1.